The summed E-state index contributed by atoms with van der Waals surface area (Å²) in [5, 5.41) is 0. The molecule has 3 rings (SSSR count). The molecule has 1 fully saturated rings. The molecule has 3 N–H and O–H groups in total. The van der Waals surface area contributed by atoms with E-state index in [1.54, 1.807) is 12.1 Å². The first-order valence-electron chi connectivity index (χ1n) is 8.44. The Labute approximate surface area is 168 Å². The van der Waals surface area contributed by atoms with E-state index in [0.717, 1.165) is 0 Å². The molecule has 0 bridgehead atoms. The number of para-hydroxylation sites is 1. The van der Waals surface area contributed by atoms with Crippen LogP contribution in [0.5, 0.6) is 0 Å². The van der Waals surface area contributed by atoms with E-state index in [4.69, 9.17) is 5.73 Å². The van der Waals surface area contributed by atoms with E-state index in [2.05, 4.69) is 4.72 Å². The number of primary amides is 1. The maximum atomic E-state index is 12.6. The van der Waals surface area contributed by atoms with Gasteiger partial charge in [-0.3, -0.25) is 14.3 Å². The Bertz CT molecular complexity index is 1200. The normalized spacial score (nSPS) is 17.9. The number of nitrogens with one attached hydrogen (secondary N) is 1. The maximum absolute atomic E-state index is 12.6. The second-order valence-electron chi connectivity index (χ2n) is 7.22. The van der Waals surface area contributed by atoms with E-state index in [1.807, 2.05) is 0 Å². The summed E-state index contributed by atoms with van der Waals surface area (Å²) in [6.07, 6.45) is 0. The number of carbonyl (C=O) groups excluding carboxylic acids is 2. The van der Waals surface area contributed by atoms with Crippen LogP contribution in [-0.2, 0) is 24.8 Å². The molecule has 9 nitrogen and oxygen atoms in total. The van der Waals surface area contributed by atoms with Gasteiger partial charge in [-0.25, -0.2) is 21.1 Å². The van der Waals surface area contributed by atoms with Crippen LogP contribution in [0.25, 0.3) is 0 Å². The summed E-state index contributed by atoms with van der Waals surface area (Å²) < 4.78 is 52.9. The number of nitrogens with zero attached hydrogens (tertiary/aromatic N) is 1. The largest absolute Gasteiger partial charge is 0.366 e. The van der Waals surface area contributed by atoms with Gasteiger partial charge >= 0.3 is 0 Å². The van der Waals surface area contributed by atoms with Gasteiger partial charge in [-0.05, 0) is 50.2 Å². The van der Waals surface area contributed by atoms with Crippen LogP contribution in [0.4, 0.5) is 11.4 Å². The van der Waals surface area contributed by atoms with E-state index in [-0.39, 0.29) is 27.6 Å². The zero-order chi connectivity index (χ0) is 21.6. The van der Waals surface area contributed by atoms with Crippen molar-refractivity contribution in [3.63, 3.8) is 0 Å². The van der Waals surface area contributed by atoms with Gasteiger partial charge in [0, 0.05) is 0 Å². The fraction of sp³-hybridized carbons (Fsp3) is 0.222. The van der Waals surface area contributed by atoms with Crippen LogP contribution in [0.2, 0.25) is 0 Å². The van der Waals surface area contributed by atoms with Crippen molar-refractivity contribution in [2.24, 2.45) is 11.1 Å². The fourth-order valence-electron chi connectivity index (χ4n) is 3.01. The molecular formula is C18H19N3O6S2. The minimum absolute atomic E-state index is 0.00341. The van der Waals surface area contributed by atoms with Crippen molar-refractivity contribution in [2.45, 2.75) is 18.7 Å². The van der Waals surface area contributed by atoms with Crippen molar-refractivity contribution in [1.82, 2.24) is 0 Å². The third kappa shape index (κ3) is 3.83. The van der Waals surface area contributed by atoms with Gasteiger partial charge in [0.1, 0.15) is 0 Å². The molecule has 0 aliphatic carbocycles. The van der Waals surface area contributed by atoms with E-state index >= 15 is 0 Å². The van der Waals surface area contributed by atoms with Gasteiger partial charge in [0.25, 0.3) is 15.9 Å². The molecular weight excluding hydrogens is 418 g/mol. The van der Waals surface area contributed by atoms with Gasteiger partial charge in [-0.1, -0.05) is 12.1 Å². The molecule has 0 spiro atoms. The minimum atomic E-state index is -4.09. The number of hydrogen-bond donors (Lipinski definition) is 2. The summed E-state index contributed by atoms with van der Waals surface area (Å²) in [5.74, 6) is -1.70. The van der Waals surface area contributed by atoms with E-state index in [1.165, 1.54) is 50.2 Å². The highest BCUT2D eigenvalue weighted by atomic mass is 32.2. The quantitative estimate of drug-likeness (QED) is 0.721. The van der Waals surface area contributed by atoms with Gasteiger partial charge in [0.15, 0.2) is 0 Å². The number of carbonyl (C=O) groups is 2. The number of sulfonamides is 2. The lowest BCUT2D eigenvalue weighted by Gasteiger charge is -2.18. The molecule has 1 aliphatic heterocycles. The minimum Gasteiger partial charge on any atom is -0.366 e. The molecule has 2 aromatic carbocycles. The number of amides is 2. The molecule has 0 radical (unpaired) electrons. The zero-order valence-electron chi connectivity index (χ0n) is 15.6. The van der Waals surface area contributed by atoms with Crippen LogP contribution in [0, 0.1) is 5.41 Å². The smallest absolute Gasteiger partial charge is 0.261 e. The van der Waals surface area contributed by atoms with Crippen LogP contribution in [0.3, 0.4) is 0 Å². The summed E-state index contributed by atoms with van der Waals surface area (Å²) >= 11 is 0. The van der Waals surface area contributed by atoms with Crippen LogP contribution >= 0.6 is 0 Å². The monoisotopic (exact) mass is 437 g/mol. The van der Waals surface area contributed by atoms with Crippen molar-refractivity contribution >= 4 is 43.2 Å². The molecule has 29 heavy (non-hydrogen) atoms. The zero-order valence-corrected chi connectivity index (χ0v) is 17.2. The Morgan fingerprint density at radius 1 is 1.10 bits per heavy atom. The lowest BCUT2D eigenvalue weighted by atomic mass is 9.95. The van der Waals surface area contributed by atoms with Crippen molar-refractivity contribution in [2.75, 3.05) is 14.8 Å². The summed E-state index contributed by atoms with van der Waals surface area (Å²) in [5.41, 5.74) is 4.26. The van der Waals surface area contributed by atoms with Crippen LogP contribution in [-0.4, -0.2) is 34.4 Å². The molecule has 1 saturated heterocycles. The highest BCUT2D eigenvalue weighted by molar-refractivity contribution is 7.94. The van der Waals surface area contributed by atoms with Gasteiger partial charge in [-0.15, -0.1) is 0 Å². The summed E-state index contributed by atoms with van der Waals surface area (Å²) in [6.45, 7) is 3.07. The fourth-order valence-corrected chi connectivity index (χ4v) is 6.20. The summed E-state index contributed by atoms with van der Waals surface area (Å²) in [6, 6.07) is 10.7. The lowest BCUT2D eigenvalue weighted by molar-refractivity contribution is -0.123. The topological polar surface area (TPSA) is 144 Å². The predicted molar refractivity (Wildman–Crippen MR) is 107 cm³/mol. The van der Waals surface area contributed by atoms with Crippen LogP contribution in [0.15, 0.2) is 53.4 Å². The Balaban J connectivity index is 1.93. The SMILES string of the molecule is CC1(C)CS(=O)(=O)N(c2ccc(S(=O)(=O)Nc3ccccc3C(N)=O)cc2)C1=O. The number of nitrogens with two attached hydrogens (primary N) is 1. The summed E-state index contributed by atoms with van der Waals surface area (Å²) in [7, 11) is -7.93. The molecule has 2 amide bonds. The van der Waals surface area contributed by atoms with Crippen LogP contribution in [0.1, 0.15) is 24.2 Å². The molecule has 0 saturated carbocycles. The second-order valence-corrected chi connectivity index (χ2v) is 10.7. The van der Waals surface area contributed by atoms with E-state index < -0.39 is 37.3 Å². The van der Waals surface area contributed by atoms with Crippen LogP contribution < -0.4 is 14.8 Å². The second kappa shape index (κ2) is 6.85. The molecule has 154 valence electrons. The van der Waals surface area contributed by atoms with Crippen molar-refractivity contribution in [1.29, 1.82) is 0 Å². The van der Waals surface area contributed by atoms with Gasteiger partial charge in [0.2, 0.25) is 15.9 Å². The Morgan fingerprint density at radius 3 is 2.21 bits per heavy atom. The van der Waals surface area contributed by atoms with E-state index in [9.17, 15) is 26.4 Å². The number of benzene rings is 2. The Kier molecular flexibility index (Phi) is 4.91. The standard InChI is InChI=1S/C18H19N3O6S2/c1-18(2)11-28(24,25)21(17(18)23)12-7-9-13(10-8-12)29(26,27)20-15-6-4-3-5-14(15)16(19)22/h3-10,20H,11H2,1-2H3,(H2,19,22). The average Bonchev–Trinajstić information content (AvgIpc) is 2.77. The van der Waals surface area contributed by atoms with Gasteiger partial charge in [0.05, 0.1) is 33.0 Å². The maximum Gasteiger partial charge on any atom is 0.261 e. The number of anilines is 2. The van der Waals surface area contributed by atoms with Gasteiger partial charge < -0.3 is 5.73 Å². The molecule has 2 aromatic rings. The van der Waals surface area contributed by atoms with Crippen molar-refractivity contribution in [3.05, 3.63) is 54.1 Å². The highest BCUT2D eigenvalue weighted by Gasteiger charge is 2.49. The van der Waals surface area contributed by atoms with Crippen molar-refractivity contribution < 1.29 is 26.4 Å². The number of hydrogen-bond acceptors (Lipinski definition) is 6. The third-order valence-corrected chi connectivity index (χ3v) is 7.80. The highest BCUT2D eigenvalue weighted by Crippen LogP contribution is 2.36. The first-order chi connectivity index (χ1) is 13.3. The molecule has 1 aliphatic rings. The summed E-state index contributed by atoms with van der Waals surface area (Å²) in [4.78, 5) is 23.7. The third-order valence-electron chi connectivity index (χ3n) is 4.40. The average molecular weight is 437 g/mol. The van der Waals surface area contributed by atoms with Gasteiger partial charge in [-0.2, -0.15) is 0 Å². The molecule has 1 heterocycles. The molecule has 11 heteroatoms. The molecule has 0 aromatic heterocycles. The number of rotatable bonds is 5. The van der Waals surface area contributed by atoms with E-state index in [0.29, 0.717) is 4.31 Å². The van der Waals surface area contributed by atoms with Crippen molar-refractivity contribution in [3.8, 4) is 0 Å². The molecule has 0 atom stereocenters. The Hall–Kier alpha value is -2.92. The first-order valence-corrected chi connectivity index (χ1v) is 11.5. The predicted octanol–water partition coefficient (Wildman–Crippen LogP) is 1.29. The Morgan fingerprint density at radius 2 is 1.69 bits per heavy atom. The lowest BCUT2D eigenvalue weighted by Crippen LogP contribution is -2.32. The first kappa shape index (κ1) is 20.8. The molecule has 0 unspecified atom stereocenters.